The van der Waals surface area contributed by atoms with Crippen molar-refractivity contribution >= 4 is 37.8 Å². The van der Waals surface area contributed by atoms with Gasteiger partial charge in [0.15, 0.2) is 5.69 Å². The van der Waals surface area contributed by atoms with Crippen LogP contribution in [0.5, 0.6) is 0 Å². The second kappa shape index (κ2) is 5.66. The summed E-state index contributed by atoms with van der Waals surface area (Å²) in [5.41, 5.74) is -0.287. The number of carboxylic acids is 1. The zero-order valence-electron chi connectivity index (χ0n) is 9.45. The maximum Gasteiger partial charge on any atom is 0.358 e. The van der Waals surface area contributed by atoms with E-state index in [1.165, 1.54) is 15.4 Å². The van der Waals surface area contributed by atoms with Gasteiger partial charge in [-0.05, 0) is 37.9 Å². The summed E-state index contributed by atoms with van der Waals surface area (Å²) in [6.45, 7) is 0.711. The number of carboxylic acid groups (broad SMARTS) is 1. The first-order valence-corrected chi connectivity index (χ1v) is 6.75. The van der Waals surface area contributed by atoms with Gasteiger partial charge in [-0.25, -0.2) is 9.48 Å². The van der Waals surface area contributed by atoms with Crippen LogP contribution >= 0.6 is 31.9 Å². The lowest BCUT2D eigenvalue weighted by molar-refractivity contribution is 0.0690. The lowest BCUT2D eigenvalue weighted by atomic mass is 10.4. The highest BCUT2D eigenvalue weighted by Crippen LogP contribution is 2.12. The van der Waals surface area contributed by atoms with Gasteiger partial charge in [0.2, 0.25) is 0 Å². The molecule has 0 amide bonds. The molecule has 0 aromatic carbocycles. The molecule has 7 nitrogen and oxygen atoms in total. The van der Waals surface area contributed by atoms with E-state index in [4.69, 9.17) is 5.11 Å². The molecule has 1 N–H and O–H groups in total. The van der Waals surface area contributed by atoms with Crippen molar-refractivity contribution < 1.29 is 9.90 Å². The number of aromatic carboxylic acids is 1. The number of halogens is 2. The first-order chi connectivity index (χ1) is 8.97. The molecule has 2 heterocycles. The molecule has 9 heteroatoms. The Labute approximate surface area is 124 Å². The van der Waals surface area contributed by atoms with Gasteiger partial charge in [0.1, 0.15) is 0 Å². The van der Waals surface area contributed by atoms with E-state index in [-0.39, 0.29) is 11.3 Å². The standard InChI is InChI=1S/C10H8Br2N4O3/c11-6-3-7(12)9(17)15(4-6)1-2-16-5-8(10(18)19)13-14-16/h3-5H,1-2H2,(H,18,19). The minimum atomic E-state index is -1.13. The summed E-state index contributed by atoms with van der Waals surface area (Å²) in [7, 11) is 0. The highest BCUT2D eigenvalue weighted by atomic mass is 79.9. The average Bonchev–Trinajstić information content (AvgIpc) is 2.81. The fraction of sp³-hybridized carbons (Fsp3) is 0.200. The maximum absolute atomic E-state index is 11.8. The molecular formula is C10H8Br2N4O3. The lowest BCUT2D eigenvalue weighted by Gasteiger charge is -2.06. The number of pyridine rings is 1. The van der Waals surface area contributed by atoms with Crippen molar-refractivity contribution in [2.45, 2.75) is 13.1 Å². The minimum absolute atomic E-state index is 0.122. The smallest absolute Gasteiger partial charge is 0.358 e. The fourth-order valence-electron chi connectivity index (χ4n) is 1.45. The van der Waals surface area contributed by atoms with Crippen molar-refractivity contribution in [2.24, 2.45) is 0 Å². The van der Waals surface area contributed by atoms with E-state index < -0.39 is 5.97 Å². The molecule has 19 heavy (non-hydrogen) atoms. The Kier molecular flexibility index (Phi) is 4.15. The number of nitrogens with zero attached hydrogens (tertiary/aromatic N) is 4. The lowest BCUT2D eigenvalue weighted by Crippen LogP contribution is -2.22. The van der Waals surface area contributed by atoms with Crippen LogP contribution in [0.25, 0.3) is 0 Å². The third-order valence-electron chi connectivity index (χ3n) is 2.34. The Hall–Kier alpha value is -1.48. The van der Waals surface area contributed by atoms with E-state index in [0.717, 1.165) is 4.47 Å². The first kappa shape index (κ1) is 13.9. The van der Waals surface area contributed by atoms with Crippen LogP contribution in [0.1, 0.15) is 10.5 Å². The van der Waals surface area contributed by atoms with Crippen LogP contribution < -0.4 is 5.56 Å². The molecule has 2 aromatic rings. The zero-order chi connectivity index (χ0) is 14.0. The number of aryl methyl sites for hydroxylation is 2. The number of rotatable bonds is 4. The Bertz CT molecular complexity index is 680. The van der Waals surface area contributed by atoms with E-state index in [1.807, 2.05) is 0 Å². The van der Waals surface area contributed by atoms with Gasteiger partial charge < -0.3 is 9.67 Å². The van der Waals surface area contributed by atoms with Crippen LogP contribution in [0.3, 0.4) is 0 Å². The van der Waals surface area contributed by atoms with Gasteiger partial charge in [0.05, 0.1) is 17.2 Å². The number of carbonyl (C=O) groups is 1. The molecule has 0 aliphatic heterocycles. The summed E-state index contributed by atoms with van der Waals surface area (Å²) in [5, 5.41) is 15.9. The van der Waals surface area contributed by atoms with E-state index >= 15 is 0 Å². The summed E-state index contributed by atoms with van der Waals surface area (Å²) in [4.78, 5) is 22.5. The average molecular weight is 392 g/mol. The molecule has 2 aromatic heterocycles. The van der Waals surface area contributed by atoms with Gasteiger partial charge in [0, 0.05) is 17.2 Å². The topological polar surface area (TPSA) is 90.0 Å². The molecule has 0 aliphatic carbocycles. The van der Waals surface area contributed by atoms with Gasteiger partial charge in [-0.3, -0.25) is 4.79 Å². The van der Waals surface area contributed by atoms with Gasteiger partial charge >= 0.3 is 5.97 Å². The third-order valence-corrected chi connectivity index (χ3v) is 3.34. The van der Waals surface area contributed by atoms with Crippen LogP contribution in [0.2, 0.25) is 0 Å². The summed E-state index contributed by atoms with van der Waals surface area (Å²) in [5.74, 6) is -1.13. The molecule has 0 saturated carbocycles. The van der Waals surface area contributed by atoms with Gasteiger partial charge in [-0.2, -0.15) is 0 Å². The molecule has 2 rings (SSSR count). The molecule has 0 spiro atoms. The molecule has 0 atom stereocenters. The quantitative estimate of drug-likeness (QED) is 0.849. The maximum atomic E-state index is 11.8. The second-order valence-electron chi connectivity index (χ2n) is 3.68. The van der Waals surface area contributed by atoms with Gasteiger partial charge in [-0.15, -0.1) is 5.10 Å². The van der Waals surface area contributed by atoms with Crippen molar-refractivity contribution in [1.82, 2.24) is 19.6 Å². The third kappa shape index (κ3) is 3.29. The Morgan fingerprint density at radius 3 is 2.68 bits per heavy atom. The number of hydrogen-bond acceptors (Lipinski definition) is 4. The summed E-state index contributed by atoms with van der Waals surface area (Å²) < 4.78 is 4.09. The van der Waals surface area contributed by atoms with E-state index in [0.29, 0.717) is 17.6 Å². The summed E-state index contributed by atoms with van der Waals surface area (Å²) in [6.07, 6.45) is 2.97. The van der Waals surface area contributed by atoms with E-state index in [9.17, 15) is 9.59 Å². The number of aromatic nitrogens is 4. The molecule has 0 unspecified atom stereocenters. The summed E-state index contributed by atoms with van der Waals surface area (Å²) >= 11 is 6.46. The highest BCUT2D eigenvalue weighted by molar-refractivity contribution is 9.11. The van der Waals surface area contributed by atoms with Gasteiger partial charge in [-0.1, -0.05) is 5.21 Å². The summed E-state index contributed by atoms with van der Waals surface area (Å²) in [6, 6.07) is 1.66. The molecule has 100 valence electrons. The van der Waals surface area contributed by atoms with Crippen LogP contribution in [-0.4, -0.2) is 30.6 Å². The molecule has 0 saturated heterocycles. The van der Waals surface area contributed by atoms with Crippen molar-refractivity contribution in [1.29, 1.82) is 0 Å². The van der Waals surface area contributed by atoms with Crippen molar-refractivity contribution in [2.75, 3.05) is 0 Å². The molecular weight excluding hydrogens is 384 g/mol. The Morgan fingerprint density at radius 2 is 2.05 bits per heavy atom. The highest BCUT2D eigenvalue weighted by Gasteiger charge is 2.08. The van der Waals surface area contributed by atoms with E-state index in [2.05, 4.69) is 42.2 Å². The Balaban J connectivity index is 2.14. The van der Waals surface area contributed by atoms with Crippen LogP contribution in [0, 0.1) is 0 Å². The number of hydrogen-bond donors (Lipinski definition) is 1. The van der Waals surface area contributed by atoms with E-state index in [1.54, 1.807) is 12.3 Å². The Morgan fingerprint density at radius 1 is 1.32 bits per heavy atom. The molecule has 0 radical (unpaired) electrons. The van der Waals surface area contributed by atoms with Crippen LogP contribution in [0.4, 0.5) is 0 Å². The van der Waals surface area contributed by atoms with Gasteiger partial charge in [0.25, 0.3) is 5.56 Å². The monoisotopic (exact) mass is 390 g/mol. The van der Waals surface area contributed by atoms with Crippen molar-refractivity contribution in [3.63, 3.8) is 0 Å². The molecule has 0 fully saturated rings. The van der Waals surface area contributed by atoms with Crippen LogP contribution in [-0.2, 0) is 13.1 Å². The fourth-order valence-corrected chi connectivity index (χ4v) is 2.70. The normalized spacial score (nSPS) is 10.6. The largest absolute Gasteiger partial charge is 0.476 e. The molecule has 0 bridgehead atoms. The SMILES string of the molecule is O=C(O)c1cn(CCn2cc(Br)cc(Br)c2=O)nn1. The van der Waals surface area contributed by atoms with Crippen molar-refractivity contribution in [3.05, 3.63) is 43.5 Å². The van der Waals surface area contributed by atoms with Crippen LogP contribution in [0.15, 0.2) is 32.2 Å². The predicted octanol–water partition coefficient (Wildman–Crippen LogP) is 1.36. The predicted molar refractivity (Wildman–Crippen MR) is 73.1 cm³/mol. The zero-order valence-corrected chi connectivity index (χ0v) is 12.6. The van der Waals surface area contributed by atoms with Crippen molar-refractivity contribution in [3.8, 4) is 0 Å². The molecule has 0 aliphatic rings. The second-order valence-corrected chi connectivity index (χ2v) is 5.45. The minimum Gasteiger partial charge on any atom is -0.476 e. The first-order valence-electron chi connectivity index (χ1n) is 5.16.